The second kappa shape index (κ2) is 4.20. The summed E-state index contributed by atoms with van der Waals surface area (Å²) in [6, 6.07) is 4.46. The number of hydrogen-bond acceptors (Lipinski definition) is 5. The lowest BCUT2D eigenvalue weighted by atomic mass is 10.1. The van der Waals surface area contributed by atoms with Gasteiger partial charge in [0.15, 0.2) is 17.2 Å². The lowest BCUT2D eigenvalue weighted by Gasteiger charge is -2.04. The van der Waals surface area contributed by atoms with Crippen molar-refractivity contribution in [2.45, 2.75) is 0 Å². The van der Waals surface area contributed by atoms with Crippen molar-refractivity contribution in [1.82, 2.24) is 20.2 Å². The number of H-pyrrole nitrogens is 1. The molecule has 1 aromatic carbocycles. The van der Waals surface area contributed by atoms with Crippen molar-refractivity contribution in [2.24, 2.45) is 0 Å². The lowest BCUT2D eigenvalue weighted by Crippen LogP contribution is -1.93. The number of methoxy groups -OCH3 is 1. The van der Waals surface area contributed by atoms with Gasteiger partial charge in [0.25, 0.3) is 0 Å². The molecule has 0 atom stereocenters. The summed E-state index contributed by atoms with van der Waals surface area (Å²) >= 11 is 0. The van der Waals surface area contributed by atoms with Crippen molar-refractivity contribution in [3.63, 3.8) is 0 Å². The van der Waals surface area contributed by atoms with Gasteiger partial charge in [-0.1, -0.05) is 0 Å². The van der Waals surface area contributed by atoms with Gasteiger partial charge in [-0.3, -0.25) is 5.10 Å². The standard InChI is InChI=1S/C12H10FN5O/c1-19-8-4-6(2-3-7(8)13)10-9-11(14)15-5-16-12(9)18-17-10/h2-5H,1H3,(H3,14,15,16,17,18). The maximum atomic E-state index is 13.4. The predicted molar refractivity (Wildman–Crippen MR) is 68.0 cm³/mol. The first-order valence-electron chi connectivity index (χ1n) is 5.49. The van der Waals surface area contributed by atoms with Crippen molar-refractivity contribution in [3.8, 4) is 17.0 Å². The van der Waals surface area contributed by atoms with E-state index in [0.717, 1.165) is 0 Å². The van der Waals surface area contributed by atoms with Crippen LogP contribution in [0.3, 0.4) is 0 Å². The zero-order chi connectivity index (χ0) is 13.4. The summed E-state index contributed by atoms with van der Waals surface area (Å²) < 4.78 is 18.4. The fourth-order valence-corrected chi connectivity index (χ4v) is 1.90. The van der Waals surface area contributed by atoms with Crippen molar-refractivity contribution in [3.05, 3.63) is 30.3 Å². The molecule has 0 aliphatic heterocycles. The van der Waals surface area contributed by atoms with Crippen LogP contribution in [0.5, 0.6) is 5.75 Å². The Kier molecular flexibility index (Phi) is 2.52. The van der Waals surface area contributed by atoms with E-state index in [0.29, 0.717) is 28.1 Å². The minimum Gasteiger partial charge on any atom is -0.494 e. The van der Waals surface area contributed by atoms with Gasteiger partial charge in [-0.2, -0.15) is 5.10 Å². The zero-order valence-electron chi connectivity index (χ0n) is 10.0. The zero-order valence-corrected chi connectivity index (χ0v) is 10.0. The van der Waals surface area contributed by atoms with Crippen LogP contribution in [0.1, 0.15) is 0 Å². The summed E-state index contributed by atoms with van der Waals surface area (Å²) in [6.45, 7) is 0. The molecule has 0 spiro atoms. The number of hydrogen-bond donors (Lipinski definition) is 2. The van der Waals surface area contributed by atoms with Gasteiger partial charge in [-0.25, -0.2) is 14.4 Å². The Bertz CT molecular complexity index is 755. The fourth-order valence-electron chi connectivity index (χ4n) is 1.90. The topological polar surface area (TPSA) is 89.7 Å². The molecule has 0 unspecified atom stereocenters. The SMILES string of the molecule is COc1cc(-c2n[nH]c3ncnc(N)c23)ccc1F. The highest BCUT2D eigenvalue weighted by atomic mass is 19.1. The van der Waals surface area contributed by atoms with Crippen LogP contribution >= 0.6 is 0 Å². The van der Waals surface area contributed by atoms with Crippen molar-refractivity contribution in [2.75, 3.05) is 12.8 Å². The number of rotatable bonds is 2. The molecule has 19 heavy (non-hydrogen) atoms. The van der Waals surface area contributed by atoms with E-state index < -0.39 is 5.82 Å². The molecular formula is C12H10FN5O. The van der Waals surface area contributed by atoms with E-state index in [2.05, 4.69) is 20.2 Å². The summed E-state index contributed by atoms with van der Waals surface area (Å²) in [5.41, 5.74) is 7.59. The van der Waals surface area contributed by atoms with E-state index >= 15 is 0 Å². The minimum absolute atomic E-state index is 0.143. The Morgan fingerprint density at radius 2 is 2.16 bits per heavy atom. The van der Waals surface area contributed by atoms with E-state index in [-0.39, 0.29) is 5.75 Å². The third-order valence-electron chi connectivity index (χ3n) is 2.81. The molecule has 0 bridgehead atoms. The van der Waals surface area contributed by atoms with Crippen LogP contribution in [0, 0.1) is 5.82 Å². The molecule has 96 valence electrons. The average Bonchev–Trinajstić information content (AvgIpc) is 2.85. The average molecular weight is 259 g/mol. The monoisotopic (exact) mass is 259 g/mol. The van der Waals surface area contributed by atoms with E-state index in [1.807, 2.05) is 0 Å². The normalized spacial score (nSPS) is 10.8. The summed E-state index contributed by atoms with van der Waals surface area (Å²) in [7, 11) is 1.41. The number of aromatic nitrogens is 4. The molecule has 3 N–H and O–H groups in total. The smallest absolute Gasteiger partial charge is 0.165 e. The third-order valence-corrected chi connectivity index (χ3v) is 2.81. The molecule has 0 saturated carbocycles. The van der Waals surface area contributed by atoms with Crippen LogP contribution in [-0.2, 0) is 0 Å². The second-order valence-corrected chi connectivity index (χ2v) is 3.90. The van der Waals surface area contributed by atoms with Crippen LogP contribution in [-0.4, -0.2) is 27.3 Å². The fraction of sp³-hybridized carbons (Fsp3) is 0.0833. The number of nitrogens with one attached hydrogen (secondary N) is 1. The number of nitrogens with zero attached hydrogens (tertiary/aromatic N) is 3. The number of nitrogen functional groups attached to an aromatic ring is 1. The van der Waals surface area contributed by atoms with Gasteiger partial charge >= 0.3 is 0 Å². The van der Waals surface area contributed by atoms with E-state index in [1.54, 1.807) is 12.1 Å². The van der Waals surface area contributed by atoms with Crippen LogP contribution in [0.25, 0.3) is 22.3 Å². The highest BCUT2D eigenvalue weighted by molar-refractivity contribution is 5.97. The Morgan fingerprint density at radius 3 is 2.95 bits per heavy atom. The molecular weight excluding hydrogens is 249 g/mol. The number of aromatic amines is 1. The van der Waals surface area contributed by atoms with E-state index in [4.69, 9.17) is 10.5 Å². The first-order valence-corrected chi connectivity index (χ1v) is 5.49. The highest BCUT2D eigenvalue weighted by Gasteiger charge is 2.14. The van der Waals surface area contributed by atoms with Crippen molar-refractivity contribution in [1.29, 1.82) is 0 Å². The molecule has 0 aliphatic rings. The van der Waals surface area contributed by atoms with Crippen molar-refractivity contribution >= 4 is 16.9 Å². The molecule has 7 heteroatoms. The highest BCUT2D eigenvalue weighted by Crippen LogP contribution is 2.31. The molecule has 3 rings (SSSR count). The third kappa shape index (κ3) is 1.75. The Balaban J connectivity index is 2.25. The number of benzene rings is 1. The Hall–Kier alpha value is -2.70. The molecule has 6 nitrogen and oxygen atoms in total. The number of halogens is 1. The molecule has 2 aromatic heterocycles. The van der Waals surface area contributed by atoms with Gasteiger partial charge in [0.1, 0.15) is 17.8 Å². The van der Waals surface area contributed by atoms with Gasteiger partial charge in [-0.15, -0.1) is 0 Å². The minimum atomic E-state index is -0.435. The van der Waals surface area contributed by atoms with Crippen LogP contribution in [0.15, 0.2) is 24.5 Å². The Morgan fingerprint density at radius 1 is 1.32 bits per heavy atom. The van der Waals surface area contributed by atoms with Gasteiger partial charge in [-0.05, 0) is 18.2 Å². The Labute approximate surface area is 107 Å². The van der Waals surface area contributed by atoms with Crippen molar-refractivity contribution < 1.29 is 9.13 Å². The summed E-state index contributed by atoms with van der Waals surface area (Å²) in [6.07, 6.45) is 1.35. The van der Waals surface area contributed by atoms with Crippen LogP contribution in [0.2, 0.25) is 0 Å². The van der Waals surface area contributed by atoms with Crippen LogP contribution in [0.4, 0.5) is 10.2 Å². The maximum Gasteiger partial charge on any atom is 0.165 e. The van der Waals surface area contributed by atoms with Gasteiger partial charge < -0.3 is 10.5 Å². The largest absolute Gasteiger partial charge is 0.494 e. The summed E-state index contributed by atoms with van der Waals surface area (Å²) in [5.74, 6) is 0.0245. The lowest BCUT2D eigenvalue weighted by molar-refractivity contribution is 0.387. The number of anilines is 1. The van der Waals surface area contributed by atoms with Gasteiger partial charge in [0, 0.05) is 5.56 Å². The second-order valence-electron chi connectivity index (χ2n) is 3.90. The van der Waals surface area contributed by atoms with Crippen LogP contribution < -0.4 is 10.5 Å². The number of fused-ring (bicyclic) bond motifs is 1. The van der Waals surface area contributed by atoms with E-state index in [9.17, 15) is 4.39 Å². The number of nitrogens with two attached hydrogens (primary N) is 1. The molecule has 2 heterocycles. The maximum absolute atomic E-state index is 13.4. The number of ether oxygens (including phenoxy) is 1. The van der Waals surface area contributed by atoms with E-state index in [1.165, 1.54) is 19.5 Å². The predicted octanol–water partition coefficient (Wildman–Crippen LogP) is 1.75. The van der Waals surface area contributed by atoms with Gasteiger partial charge in [0.2, 0.25) is 0 Å². The molecule has 0 aliphatic carbocycles. The first kappa shape index (κ1) is 11.4. The first-order chi connectivity index (χ1) is 9.20. The van der Waals surface area contributed by atoms with Gasteiger partial charge in [0.05, 0.1) is 12.5 Å². The quantitative estimate of drug-likeness (QED) is 0.731. The summed E-state index contributed by atoms with van der Waals surface area (Å²) in [4.78, 5) is 7.96. The molecule has 0 amide bonds. The molecule has 0 fully saturated rings. The molecule has 0 saturated heterocycles. The molecule has 3 aromatic rings. The summed E-state index contributed by atoms with van der Waals surface area (Å²) in [5, 5.41) is 7.52. The molecule has 0 radical (unpaired) electrons.